The topological polar surface area (TPSA) is 37.4 Å². The number of fused-ring (bicyclic) bond motifs is 1. The second-order valence-electron chi connectivity index (χ2n) is 4.47. The SMILES string of the molecule is O=C1C(=O)N(Cc2ccccc2Br)c2ccc(Cl)cc21. The van der Waals surface area contributed by atoms with Crippen molar-refractivity contribution in [3.05, 3.63) is 63.1 Å². The second kappa shape index (κ2) is 5.04. The summed E-state index contributed by atoms with van der Waals surface area (Å²) >= 11 is 9.33. The van der Waals surface area contributed by atoms with E-state index < -0.39 is 11.7 Å². The van der Waals surface area contributed by atoms with Crippen LogP contribution in [0.25, 0.3) is 0 Å². The van der Waals surface area contributed by atoms with Crippen LogP contribution in [0.4, 0.5) is 5.69 Å². The van der Waals surface area contributed by atoms with Gasteiger partial charge in [0.1, 0.15) is 0 Å². The highest BCUT2D eigenvalue weighted by molar-refractivity contribution is 9.10. The summed E-state index contributed by atoms with van der Waals surface area (Å²) in [4.78, 5) is 25.6. The zero-order valence-corrected chi connectivity index (χ0v) is 12.6. The molecule has 0 spiro atoms. The number of halogens is 2. The van der Waals surface area contributed by atoms with Crippen molar-refractivity contribution in [2.24, 2.45) is 0 Å². The van der Waals surface area contributed by atoms with E-state index >= 15 is 0 Å². The van der Waals surface area contributed by atoms with Crippen molar-refractivity contribution in [3.8, 4) is 0 Å². The van der Waals surface area contributed by atoms with E-state index in [2.05, 4.69) is 15.9 Å². The fraction of sp³-hybridized carbons (Fsp3) is 0.0667. The third kappa shape index (κ3) is 2.15. The lowest BCUT2D eigenvalue weighted by atomic mass is 10.1. The van der Waals surface area contributed by atoms with Gasteiger partial charge in [-0.25, -0.2) is 0 Å². The molecule has 20 heavy (non-hydrogen) atoms. The van der Waals surface area contributed by atoms with Crippen molar-refractivity contribution < 1.29 is 9.59 Å². The normalized spacial score (nSPS) is 13.8. The molecular formula is C15H9BrClNO2. The molecule has 1 amide bonds. The van der Waals surface area contributed by atoms with Crippen LogP contribution in [0, 0.1) is 0 Å². The van der Waals surface area contributed by atoms with E-state index in [1.807, 2.05) is 24.3 Å². The van der Waals surface area contributed by atoms with Crippen LogP contribution in [0.5, 0.6) is 0 Å². The van der Waals surface area contributed by atoms with Gasteiger partial charge < -0.3 is 4.90 Å². The highest BCUT2D eigenvalue weighted by Gasteiger charge is 2.35. The predicted octanol–water partition coefficient (Wildman–Crippen LogP) is 3.83. The Morgan fingerprint density at radius 2 is 1.85 bits per heavy atom. The maximum Gasteiger partial charge on any atom is 0.299 e. The Labute approximate surface area is 129 Å². The number of carbonyl (C=O) groups excluding carboxylic acids is 2. The Balaban J connectivity index is 2.02. The van der Waals surface area contributed by atoms with Crippen LogP contribution in [-0.4, -0.2) is 11.7 Å². The minimum absolute atomic E-state index is 0.348. The summed E-state index contributed by atoms with van der Waals surface area (Å²) in [7, 11) is 0. The molecule has 0 atom stereocenters. The third-order valence-corrected chi connectivity index (χ3v) is 4.23. The highest BCUT2D eigenvalue weighted by atomic mass is 79.9. The molecule has 0 bridgehead atoms. The number of benzene rings is 2. The van der Waals surface area contributed by atoms with Crippen molar-refractivity contribution in [2.75, 3.05) is 4.90 Å². The standard InChI is InChI=1S/C15H9BrClNO2/c16-12-4-2-1-3-9(12)8-18-13-6-5-10(17)7-11(13)14(19)15(18)20/h1-7H,8H2. The van der Waals surface area contributed by atoms with Gasteiger partial charge in [-0.1, -0.05) is 45.7 Å². The molecule has 100 valence electrons. The van der Waals surface area contributed by atoms with Crippen LogP contribution >= 0.6 is 27.5 Å². The lowest BCUT2D eigenvalue weighted by Crippen LogP contribution is -2.29. The molecule has 0 saturated carbocycles. The monoisotopic (exact) mass is 349 g/mol. The quantitative estimate of drug-likeness (QED) is 0.772. The fourth-order valence-electron chi connectivity index (χ4n) is 2.23. The minimum Gasteiger partial charge on any atom is -0.300 e. The summed E-state index contributed by atoms with van der Waals surface area (Å²) in [5, 5.41) is 0.452. The summed E-state index contributed by atoms with van der Waals surface area (Å²) in [6.45, 7) is 0.348. The van der Waals surface area contributed by atoms with E-state index in [1.54, 1.807) is 12.1 Å². The summed E-state index contributed by atoms with van der Waals surface area (Å²) in [6, 6.07) is 12.5. The van der Waals surface area contributed by atoms with E-state index in [0.717, 1.165) is 10.0 Å². The van der Waals surface area contributed by atoms with Gasteiger partial charge in [0.15, 0.2) is 0 Å². The molecule has 3 rings (SSSR count). The van der Waals surface area contributed by atoms with Crippen molar-refractivity contribution in [1.29, 1.82) is 0 Å². The first-order valence-corrected chi connectivity index (χ1v) is 7.14. The van der Waals surface area contributed by atoms with Crippen molar-refractivity contribution in [2.45, 2.75) is 6.54 Å². The molecular weight excluding hydrogens is 342 g/mol. The molecule has 2 aromatic rings. The molecule has 1 aliphatic heterocycles. The summed E-state index contributed by atoms with van der Waals surface area (Å²) in [5.74, 6) is -1.02. The van der Waals surface area contributed by atoms with Crippen LogP contribution in [0.3, 0.4) is 0 Å². The Hall–Kier alpha value is -1.65. The molecule has 3 nitrogen and oxygen atoms in total. The van der Waals surface area contributed by atoms with Crippen LogP contribution in [0.1, 0.15) is 15.9 Å². The Bertz CT molecular complexity index is 730. The lowest BCUT2D eigenvalue weighted by molar-refractivity contribution is -0.114. The van der Waals surface area contributed by atoms with Gasteiger partial charge in [0.25, 0.3) is 11.7 Å². The Kier molecular flexibility index (Phi) is 3.36. The van der Waals surface area contributed by atoms with E-state index in [4.69, 9.17) is 11.6 Å². The van der Waals surface area contributed by atoms with Gasteiger partial charge in [-0.15, -0.1) is 0 Å². The lowest BCUT2D eigenvalue weighted by Gasteiger charge is -2.17. The summed E-state index contributed by atoms with van der Waals surface area (Å²) in [6.07, 6.45) is 0. The number of rotatable bonds is 2. The van der Waals surface area contributed by atoms with Crippen molar-refractivity contribution in [1.82, 2.24) is 0 Å². The Morgan fingerprint density at radius 3 is 2.60 bits per heavy atom. The van der Waals surface area contributed by atoms with Crippen LogP contribution < -0.4 is 4.90 Å². The van der Waals surface area contributed by atoms with Crippen molar-refractivity contribution in [3.63, 3.8) is 0 Å². The molecule has 0 aromatic heterocycles. The average Bonchev–Trinajstić information content (AvgIpc) is 2.66. The van der Waals surface area contributed by atoms with Crippen LogP contribution in [0.2, 0.25) is 5.02 Å². The molecule has 0 N–H and O–H groups in total. The fourth-order valence-corrected chi connectivity index (χ4v) is 2.81. The molecule has 2 aromatic carbocycles. The van der Waals surface area contributed by atoms with Crippen molar-refractivity contribution >= 4 is 44.9 Å². The number of carbonyl (C=O) groups is 2. The zero-order valence-electron chi connectivity index (χ0n) is 10.3. The largest absolute Gasteiger partial charge is 0.300 e. The first kappa shape index (κ1) is 13.3. The van der Waals surface area contributed by atoms with E-state index in [-0.39, 0.29) is 0 Å². The molecule has 1 heterocycles. The Morgan fingerprint density at radius 1 is 1.10 bits per heavy atom. The number of Topliss-reactive ketones (excluding diaryl/α,β-unsaturated/α-hetero) is 1. The first-order valence-electron chi connectivity index (χ1n) is 5.97. The summed E-state index contributed by atoms with van der Waals surface area (Å²) < 4.78 is 0.905. The van der Waals surface area contributed by atoms with Gasteiger partial charge in [-0.2, -0.15) is 0 Å². The molecule has 0 radical (unpaired) electrons. The molecule has 5 heteroatoms. The zero-order chi connectivity index (χ0) is 14.3. The predicted molar refractivity (Wildman–Crippen MR) is 81.1 cm³/mol. The number of nitrogens with zero attached hydrogens (tertiary/aromatic N) is 1. The number of hydrogen-bond acceptors (Lipinski definition) is 2. The van der Waals surface area contributed by atoms with E-state index in [1.165, 1.54) is 11.0 Å². The molecule has 0 unspecified atom stereocenters. The van der Waals surface area contributed by atoms with Crippen LogP contribution in [0.15, 0.2) is 46.9 Å². The third-order valence-electron chi connectivity index (χ3n) is 3.22. The molecule has 0 fully saturated rings. The van der Waals surface area contributed by atoms with Gasteiger partial charge in [-0.05, 0) is 29.8 Å². The van der Waals surface area contributed by atoms with Gasteiger partial charge in [-0.3, -0.25) is 9.59 Å². The highest BCUT2D eigenvalue weighted by Crippen LogP contribution is 2.33. The average molecular weight is 351 g/mol. The van der Waals surface area contributed by atoms with Gasteiger partial charge in [0.05, 0.1) is 17.8 Å². The van der Waals surface area contributed by atoms with Gasteiger partial charge in [0.2, 0.25) is 0 Å². The molecule has 0 aliphatic carbocycles. The number of anilines is 1. The number of amides is 1. The van der Waals surface area contributed by atoms with E-state index in [0.29, 0.717) is 22.8 Å². The van der Waals surface area contributed by atoms with Crippen LogP contribution in [-0.2, 0) is 11.3 Å². The van der Waals surface area contributed by atoms with E-state index in [9.17, 15) is 9.59 Å². The number of ketones is 1. The first-order chi connectivity index (χ1) is 9.58. The maximum atomic E-state index is 12.1. The smallest absolute Gasteiger partial charge is 0.299 e. The second-order valence-corrected chi connectivity index (χ2v) is 5.76. The minimum atomic E-state index is -0.516. The maximum absolute atomic E-state index is 12.1. The van der Waals surface area contributed by atoms with Gasteiger partial charge >= 0.3 is 0 Å². The molecule has 0 saturated heterocycles. The molecule has 1 aliphatic rings. The van der Waals surface area contributed by atoms with Gasteiger partial charge in [0, 0.05) is 9.50 Å². The summed E-state index contributed by atoms with van der Waals surface area (Å²) in [5.41, 5.74) is 1.92. The number of hydrogen-bond donors (Lipinski definition) is 0.